The van der Waals surface area contributed by atoms with E-state index in [-0.39, 0.29) is 37.5 Å². The number of hydrogen-bond acceptors (Lipinski definition) is 5. The van der Waals surface area contributed by atoms with Crippen LogP contribution in [0, 0.1) is 5.92 Å². The summed E-state index contributed by atoms with van der Waals surface area (Å²) in [5.74, 6) is -0.389. The maximum absolute atomic E-state index is 13.0. The van der Waals surface area contributed by atoms with Crippen LogP contribution in [0.15, 0.2) is 0 Å². The van der Waals surface area contributed by atoms with Crippen LogP contribution < -0.4 is 5.32 Å². The second-order valence-electron chi connectivity index (χ2n) is 7.11. The first-order valence-corrected chi connectivity index (χ1v) is 11.2. The Bertz CT molecular complexity index is 619. The lowest BCUT2D eigenvalue weighted by Crippen LogP contribution is -2.56. The van der Waals surface area contributed by atoms with Gasteiger partial charge >= 0.3 is 6.09 Å². The van der Waals surface area contributed by atoms with Crippen LogP contribution in [0.1, 0.15) is 40.0 Å². The van der Waals surface area contributed by atoms with Crippen LogP contribution in [0.25, 0.3) is 0 Å². The van der Waals surface area contributed by atoms with Gasteiger partial charge in [-0.05, 0) is 33.1 Å². The Hall–Kier alpha value is -1.39. The lowest BCUT2D eigenvalue weighted by atomic mass is 9.98. The number of nitrogens with zero attached hydrogens (tertiary/aromatic N) is 3. The highest BCUT2D eigenvalue weighted by molar-refractivity contribution is 7.86. The van der Waals surface area contributed by atoms with Crippen molar-refractivity contribution in [1.82, 2.24) is 18.8 Å². The van der Waals surface area contributed by atoms with Crippen LogP contribution in [0.5, 0.6) is 0 Å². The molecule has 0 aromatic carbocycles. The number of nitrogens with one attached hydrogen (secondary N) is 1. The van der Waals surface area contributed by atoms with E-state index < -0.39 is 16.3 Å². The zero-order chi connectivity index (χ0) is 20.0. The van der Waals surface area contributed by atoms with Gasteiger partial charge in [-0.2, -0.15) is 17.0 Å². The Kier molecular flexibility index (Phi) is 7.87. The summed E-state index contributed by atoms with van der Waals surface area (Å²) in [6.45, 7) is 7.71. The zero-order valence-electron chi connectivity index (χ0n) is 16.5. The van der Waals surface area contributed by atoms with Gasteiger partial charge in [-0.25, -0.2) is 4.79 Å². The topological polar surface area (TPSA) is 99.3 Å². The number of rotatable bonds is 6. The van der Waals surface area contributed by atoms with E-state index in [0.717, 1.165) is 6.42 Å². The van der Waals surface area contributed by atoms with Crippen molar-refractivity contribution in [3.8, 4) is 0 Å². The Balaban J connectivity index is 1.94. The van der Waals surface area contributed by atoms with Crippen LogP contribution in [-0.2, 0) is 19.7 Å². The molecule has 10 heteroatoms. The van der Waals surface area contributed by atoms with Gasteiger partial charge in [0, 0.05) is 45.3 Å². The van der Waals surface area contributed by atoms with Crippen molar-refractivity contribution in [3.63, 3.8) is 0 Å². The molecule has 2 atom stereocenters. The second kappa shape index (κ2) is 9.70. The second-order valence-corrected chi connectivity index (χ2v) is 9.04. The molecule has 156 valence electrons. The third-order valence-electron chi connectivity index (χ3n) is 5.17. The van der Waals surface area contributed by atoms with Crippen LogP contribution in [0.2, 0.25) is 0 Å². The average Bonchev–Trinajstić information content (AvgIpc) is 2.68. The highest BCUT2D eigenvalue weighted by Gasteiger charge is 2.37. The predicted octanol–water partition coefficient (Wildman–Crippen LogP) is 0.632. The molecule has 2 aliphatic rings. The molecule has 0 unspecified atom stereocenters. The van der Waals surface area contributed by atoms with Crippen molar-refractivity contribution < 1.29 is 22.7 Å². The molecule has 0 saturated carbocycles. The molecule has 2 heterocycles. The van der Waals surface area contributed by atoms with Crippen molar-refractivity contribution in [1.29, 1.82) is 0 Å². The quantitative estimate of drug-likeness (QED) is 0.700. The van der Waals surface area contributed by atoms with Crippen LogP contribution in [0.3, 0.4) is 0 Å². The van der Waals surface area contributed by atoms with Gasteiger partial charge in [-0.3, -0.25) is 4.79 Å². The molecule has 27 heavy (non-hydrogen) atoms. The first kappa shape index (κ1) is 21.9. The molecule has 2 saturated heterocycles. The van der Waals surface area contributed by atoms with E-state index in [0.29, 0.717) is 39.1 Å². The SMILES string of the molecule is CCOC(=O)N1CCN(S(=O)(=O)N2CCC[C@@H](C(=O)N[C@@H](C)CC)C2)CC1. The molecule has 0 aliphatic carbocycles. The van der Waals surface area contributed by atoms with Gasteiger partial charge in [0.1, 0.15) is 0 Å². The molecular formula is C17H32N4O5S. The first-order valence-electron chi connectivity index (χ1n) is 9.76. The highest BCUT2D eigenvalue weighted by Crippen LogP contribution is 2.22. The van der Waals surface area contributed by atoms with E-state index in [1.165, 1.54) is 13.5 Å². The smallest absolute Gasteiger partial charge is 0.409 e. The third kappa shape index (κ3) is 5.55. The maximum Gasteiger partial charge on any atom is 0.409 e. The van der Waals surface area contributed by atoms with Gasteiger partial charge in [0.2, 0.25) is 5.91 Å². The maximum atomic E-state index is 13.0. The zero-order valence-corrected chi connectivity index (χ0v) is 17.3. The van der Waals surface area contributed by atoms with E-state index in [2.05, 4.69) is 5.32 Å². The van der Waals surface area contributed by atoms with Gasteiger partial charge in [-0.15, -0.1) is 0 Å². The molecule has 0 spiro atoms. The van der Waals surface area contributed by atoms with E-state index in [1.807, 2.05) is 13.8 Å². The average molecular weight is 405 g/mol. The molecule has 1 N–H and O–H groups in total. The summed E-state index contributed by atoms with van der Waals surface area (Å²) < 4.78 is 33.7. The molecule has 0 aromatic heterocycles. The monoisotopic (exact) mass is 404 g/mol. The Morgan fingerprint density at radius 3 is 2.37 bits per heavy atom. The predicted molar refractivity (Wildman–Crippen MR) is 101 cm³/mol. The first-order chi connectivity index (χ1) is 12.8. The number of carbonyl (C=O) groups excluding carboxylic acids is 2. The molecule has 9 nitrogen and oxygen atoms in total. The highest BCUT2D eigenvalue weighted by atomic mass is 32.2. The van der Waals surface area contributed by atoms with Crippen LogP contribution >= 0.6 is 0 Å². The molecule has 0 aromatic rings. The van der Waals surface area contributed by atoms with Crippen LogP contribution in [0.4, 0.5) is 4.79 Å². The number of hydrogen-bond donors (Lipinski definition) is 1. The number of amides is 2. The largest absolute Gasteiger partial charge is 0.450 e. The molecule has 2 amide bonds. The Morgan fingerprint density at radius 2 is 1.78 bits per heavy atom. The third-order valence-corrected chi connectivity index (χ3v) is 7.18. The fraction of sp³-hybridized carbons (Fsp3) is 0.882. The minimum atomic E-state index is -3.64. The lowest BCUT2D eigenvalue weighted by molar-refractivity contribution is -0.126. The minimum Gasteiger partial charge on any atom is -0.450 e. The summed E-state index contributed by atoms with van der Waals surface area (Å²) in [6, 6.07) is 0.0837. The minimum absolute atomic E-state index is 0.0728. The van der Waals surface area contributed by atoms with Crippen molar-refractivity contribution in [3.05, 3.63) is 0 Å². The van der Waals surface area contributed by atoms with Gasteiger partial charge in [0.25, 0.3) is 10.2 Å². The Labute approximate surface area is 162 Å². The summed E-state index contributed by atoms with van der Waals surface area (Å²) >= 11 is 0. The standard InChI is InChI=1S/C17H32N4O5S/c1-4-14(3)18-16(22)15-7-6-8-21(13-15)27(24,25)20-11-9-19(10-12-20)17(23)26-5-2/h14-15H,4-13H2,1-3H3,(H,18,22)/t14-,15+/m0/s1. The molecular weight excluding hydrogens is 372 g/mol. The van der Waals surface area contributed by atoms with Gasteiger partial charge in [-0.1, -0.05) is 6.92 Å². The molecule has 2 fully saturated rings. The molecule has 2 rings (SSSR count). The van der Waals surface area contributed by atoms with Gasteiger partial charge in [0.05, 0.1) is 12.5 Å². The van der Waals surface area contributed by atoms with Gasteiger partial charge < -0.3 is 15.0 Å². The fourth-order valence-corrected chi connectivity index (χ4v) is 4.99. The van der Waals surface area contributed by atoms with E-state index in [9.17, 15) is 18.0 Å². The van der Waals surface area contributed by atoms with Crippen LogP contribution in [-0.4, -0.2) is 85.8 Å². The van der Waals surface area contributed by atoms with Gasteiger partial charge in [0.15, 0.2) is 0 Å². The van der Waals surface area contributed by atoms with Crippen molar-refractivity contribution in [2.75, 3.05) is 45.9 Å². The number of piperazine rings is 1. The fourth-order valence-electron chi connectivity index (χ4n) is 3.31. The molecule has 2 aliphatic heterocycles. The normalized spacial score (nSPS) is 23.7. The molecule has 0 bridgehead atoms. The number of piperidine rings is 1. The van der Waals surface area contributed by atoms with E-state index in [1.54, 1.807) is 6.92 Å². The van der Waals surface area contributed by atoms with Crippen molar-refractivity contribution in [2.24, 2.45) is 5.92 Å². The summed E-state index contributed by atoms with van der Waals surface area (Å²) in [5.41, 5.74) is 0. The summed E-state index contributed by atoms with van der Waals surface area (Å²) in [5, 5.41) is 2.95. The van der Waals surface area contributed by atoms with Crippen molar-refractivity contribution >= 4 is 22.2 Å². The Morgan fingerprint density at radius 1 is 1.11 bits per heavy atom. The number of ether oxygens (including phenoxy) is 1. The number of carbonyl (C=O) groups is 2. The van der Waals surface area contributed by atoms with E-state index in [4.69, 9.17) is 4.74 Å². The summed E-state index contributed by atoms with van der Waals surface area (Å²) in [6.07, 6.45) is 1.80. The lowest BCUT2D eigenvalue weighted by Gasteiger charge is -2.38. The summed E-state index contributed by atoms with van der Waals surface area (Å²) in [7, 11) is -3.64. The summed E-state index contributed by atoms with van der Waals surface area (Å²) in [4.78, 5) is 25.7. The van der Waals surface area contributed by atoms with E-state index >= 15 is 0 Å². The van der Waals surface area contributed by atoms with Crippen molar-refractivity contribution in [2.45, 2.75) is 46.1 Å². The molecule has 0 radical (unpaired) electrons.